The van der Waals surface area contributed by atoms with Crippen molar-refractivity contribution >= 4 is 5.91 Å². The Balaban J connectivity index is 1.97. The minimum absolute atomic E-state index is 0.0363. The summed E-state index contributed by atoms with van der Waals surface area (Å²) in [4.78, 5) is 12.7. The predicted octanol–water partition coefficient (Wildman–Crippen LogP) is 2.91. The largest absolute Gasteiger partial charge is 0.383 e. The summed E-state index contributed by atoms with van der Waals surface area (Å²) in [6, 6.07) is 10.0. The molecule has 0 radical (unpaired) electrons. The molecule has 1 atom stereocenters. The molecule has 0 saturated heterocycles. The van der Waals surface area contributed by atoms with Crippen LogP contribution in [0.4, 0.5) is 0 Å². The maximum Gasteiger partial charge on any atom is 0.272 e. The number of hydrogen-bond acceptors (Lipinski definition) is 3. The van der Waals surface area contributed by atoms with E-state index in [1.54, 1.807) is 7.11 Å². The smallest absolute Gasteiger partial charge is 0.272 e. The van der Waals surface area contributed by atoms with E-state index in [4.69, 9.17) is 4.74 Å². The van der Waals surface area contributed by atoms with Gasteiger partial charge in [0.15, 0.2) is 5.69 Å². The molecule has 1 N–H and O–H groups in total. The third-order valence-electron chi connectivity index (χ3n) is 4.44. The van der Waals surface area contributed by atoms with Crippen molar-refractivity contribution < 1.29 is 9.53 Å². The lowest BCUT2D eigenvalue weighted by atomic mass is 10.1. The minimum atomic E-state index is -0.104. The fraction of sp³-hybridized carbons (Fsp3) is 0.474. The van der Waals surface area contributed by atoms with E-state index in [0.717, 1.165) is 36.9 Å². The van der Waals surface area contributed by atoms with Gasteiger partial charge >= 0.3 is 0 Å². The molecule has 0 bridgehead atoms. The first-order chi connectivity index (χ1) is 11.7. The van der Waals surface area contributed by atoms with Gasteiger partial charge in [0.25, 0.3) is 5.91 Å². The molecule has 1 aliphatic carbocycles. The summed E-state index contributed by atoms with van der Waals surface area (Å²) < 4.78 is 7.06. The van der Waals surface area contributed by atoms with Crippen molar-refractivity contribution in [2.24, 2.45) is 0 Å². The molecule has 24 heavy (non-hydrogen) atoms. The lowest BCUT2D eigenvalue weighted by Crippen LogP contribution is -2.36. The van der Waals surface area contributed by atoms with Crippen molar-refractivity contribution in [1.82, 2.24) is 15.1 Å². The molecule has 1 aliphatic rings. The number of nitrogens with zero attached hydrogens (tertiary/aromatic N) is 2. The van der Waals surface area contributed by atoms with Crippen LogP contribution in [0.2, 0.25) is 0 Å². The summed E-state index contributed by atoms with van der Waals surface area (Å²) in [5.41, 5.74) is 3.88. The van der Waals surface area contributed by atoms with Crippen LogP contribution in [0, 0.1) is 0 Å². The number of carbonyl (C=O) groups is 1. The zero-order valence-electron chi connectivity index (χ0n) is 14.4. The molecule has 3 rings (SSSR count). The van der Waals surface area contributed by atoms with Crippen LogP contribution < -0.4 is 5.32 Å². The van der Waals surface area contributed by atoms with E-state index in [-0.39, 0.29) is 11.9 Å². The van der Waals surface area contributed by atoms with E-state index in [1.807, 2.05) is 41.9 Å². The number of hydrogen-bond donors (Lipinski definition) is 1. The fourth-order valence-corrected chi connectivity index (χ4v) is 3.32. The Morgan fingerprint density at radius 1 is 1.25 bits per heavy atom. The number of ether oxygens (including phenoxy) is 1. The molecule has 0 saturated carbocycles. The number of para-hydroxylation sites is 1. The van der Waals surface area contributed by atoms with E-state index in [2.05, 4.69) is 10.4 Å². The molecule has 1 heterocycles. The SMILES string of the molecule is COCC(C)NC(=O)c1nn(-c2ccccc2)c2c1CCCCC2. The highest BCUT2D eigenvalue weighted by Crippen LogP contribution is 2.26. The highest BCUT2D eigenvalue weighted by molar-refractivity contribution is 5.94. The van der Waals surface area contributed by atoms with Gasteiger partial charge in [-0.2, -0.15) is 5.10 Å². The lowest BCUT2D eigenvalue weighted by molar-refractivity contribution is 0.0899. The minimum Gasteiger partial charge on any atom is -0.383 e. The Labute approximate surface area is 143 Å². The zero-order valence-corrected chi connectivity index (χ0v) is 14.4. The van der Waals surface area contributed by atoms with Crippen molar-refractivity contribution in [1.29, 1.82) is 0 Å². The Hall–Kier alpha value is -2.14. The second-order valence-corrected chi connectivity index (χ2v) is 6.41. The topological polar surface area (TPSA) is 56.1 Å². The fourth-order valence-electron chi connectivity index (χ4n) is 3.32. The normalized spacial score (nSPS) is 15.4. The number of fused-ring (bicyclic) bond motifs is 1. The number of carbonyl (C=O) groups excluding carboxylic acids is 1. The summed E-state index contributed by atoms with van der Waals surface area (Å²) in [5, 5.41) is 7.67. The third kappa shape index (κ3) is 3.51. The van der Waals surface area contributed by atoms with Crippen LogP contribution in [0.3, 0.4) is 0 Å². The number of aromatic nitrogens is 2. The van der Waals surface area contributed by atoms with Crippen LogP contribution in [0.15, 0.2) is 30.3 Å². The van der Waals surface area contributed by atoms with Crippen LogP contribution >= 0.6 is 0 Å². The first-order valence-electron chi connectivity index (χ1n) is 8.66. The van der Waals surface area contributed by atoms with E-state index in [0.29, 0.717) is 12.3 Å². The van der Waals surface area contributed by atoms with Gasteiger partial charge in [-0.25, -0.2) is 4.68 Å². The van der Waals surface area contributed by atoms with Crippen molar-refractivity contribution in [2.45, 2.75) is 45.1 Å². The van der Waals surface area contributed by atoms with E-state index >= 15 is 0 Å². The molecule has 5 nitrogen and oxygen atoms in total. The Bertz CT molecular complexity index is 694. The summed E-state index contributed by atoms with van der Waals surface area (Å²) in [7, 11) is 1.64. The third-order valence-corrected chi connectivity index (χ3v) is 4.44. The van der Waals surface area contributed by atoms with Crippen LogP contribution in [0.25, 0.3) is 5.69 Å². The molecule has 0 fully saturated rings. The molecular weight excluding hydrogens is 302 g/mol. The zero-order chi connectivity index (χ0) is 16.9. The Kier molecular flexibility index (Phi) is 5.30. The molecule has 5 heteroatoms. The number of benzene rings is 1. The van der Waals surface area contributed by atoms with Crippen LogP contribution in [0.1, 0.15) is 47.9 Å². The highest BCUT2D eigenvalue weighted by atomic mass is 16.5. The van der Waals surface area contributed by atoms with E-state index in [1.165, 1.54) is 12.1 Å². The van der Waals surface area contributed by atoms with Crippen molar-refractivity contribution in [3.8, 4) is 5.69 Å². The molecule has 1 aromatic heterocycles. The van der Waals surface area contributed by atoms with E-state index in [9.17, 15) is 4.79 Å². The molecule has 1 unspecified atom stereocenters. The molecule has 2 aromatic rings. The van der Waals surface area contributed by atoms with Gasteiger partial charge in [0.05, 0.1) is 12.3 Å². The quantitative estimate of drug-likeness (QED) is 0.859. The molecule has 1 aromatic carbocycles. The maximum absolute atomic E-state index is 12.7. The monoisotopic (exact) mass is 327 g/mol. The van der Waals surface area contributed by atoms with Gasteiger partial charge in [-0.1, -0.05) is 24.6 Å². The predicted molar refractivity (Wildman–Crippen MR) is 93.6 cm³/mol. The van der Waals surface area contributed by atoms with Gasteiger partial charge in [0.1, 0.15) is 0 Å². The van der Waals surface area contributed by atoms with Crippen LogP contribution in [-0.4, -0.2) is 35.4 Å². The highest BCUT2D eigenvalue weighted by Gasteiger charge is 2.25. The Morgan fingerprint density at radius 2 is 2.00 bits per heavy atom. The second kappa shape index (κ2) is 7.62. The standard InChI is InChI=1S/C19H25N3O2/c1-14(13-24-2)20-19(23)18-16-11-7-4-8-12-17(16)22(21-18)15-9-5-3-6-10-15/h3,5-6,9-10,14H,4,7-8,11-13H2,1-2H3,(H,20,23). The van der Waals surface area contributed by atoms with Crippen molar-refractivity contribution in [2.75, 3.05) is 13.7 Å². The Morgan fingerprint density at radius 3 is 2.75 bits per heavy atom. The molecule has 0 aliphatic heterocycles. The summed E-state index contributed by atoms with van der Waals surface area (Å²) in [6.45, 7) is 2.43. The van der Waals surface area contributed by atoms with Crippen LogP contribution in [-0.2, 0) is 17.6 Å². The van der Waals surface area contributed by atoms with Crippen molar-refractivity contribution in [3.05, 3.63) is 47.3 Å². The molecular formula is C19H25N3O2. The van der Waals surface area contributed by atoms with Gasteiger partial charge in [0, 0.05) is 24.4 Å². The summed E-state index contributed by atoms with van der Waals surface area (Å²) >= 11 is 0. The van der Waals surface area contributed by atoms with Gasteiger partial charge in [0.2, 0.25) is 0 Å². The van der Waals surface area contributed by atoms with Gasteiger partial charge in [-0.3, -0.25) is 4.79 Å². The number of amides is 1. The molecule has 128 valence electrons. The van der Waals surface area contributed by atoms with Crippen LogP contribution in [0.5, 0.6) is 0 Å². The van der Waals surface area contributed by atoms with Gasteiger partial charge < -0.3 is 10.1 Å². The first kappa shape index (κ1) is 16.7. The number of nitrogens with one attached hydrogen (secondary N) is 1. The van der Waals surface area contributed by atoms with Gasteiger partial charge in [-0.05, 0) is 44.7 Å². The number of rotatable bonds is 5. The average Bonchev–Trinajstić information content (AvgIpc) is 2.77. The second-order valence-electron chi connectivity index (χ2n) is 6.41. The first-order valence-corrected chi connectivity index (χ1v) is 8.66. The number of methoxy groups -OCH3 is 1. The molecule has 0 spiro atoms. The summed E-state index contributed by atoms with van der Waals surface area (Å²) in [5.74, 6) is -0.104. The summed E-state index contributed by atoms with van der Waals surface area (Å²) in [6.07, 6.45) is 5.35. The van der Waals surface area contributed by atoms with Gasteiger partial charge in [-0.15, -0.1) is 0 Å². The van der Waals surface area contributed by atoms with E-state index < -0.39 is 0 Å². The lowest BCUT2D eigenvalue weighted by Gasteiger charge is -2.12. The maximum atomic E-state index is 12.7. The average molecular weight is 327 g/mol. The molecule has 1 amide bonds. The van der Waals surface area contributed by atoms with Crippen molar-refractivity contribution in [3.63, 3.8) is 0 Å².